The maximum absolute atomic E-state index is 13.9. The maximum atomic E-state index is 13.9. The number of hydrogen-bond acceptors (Lipinski definition) is 6. The molecule has 5 rings (SSSR count). The molecule has 2 aliphatic rings. The molecule has 1 spiro atoms. The Morgan fingerprint density at radius 3 is 2.63 bits per heavy atom. The summed E-state index contributed by atoms with van der Waals surface area (Å²) in [7, 11) is -1.28. The number of anilines is 2. The van der Waals surface area contributed by atoms with Crippen LogP contribution in [0.25, 0.3) is 0 Å². The summed E-state index contributed by atoms with van der Waals surface area (Å²) in [5.74, 6) is 5.97. The van der Waals surface area contributed by atoms with Crippen LogP contribution in [0.2, 0.25) is 0 Å². The van der Waals surface area contributed by atoms with Crippen molar-refractivity contribution in [3.8, 4) is 0 Å². The number of hydrogen-bond donors (Lipinski definition) is 3. The lowest BCUT2D eigenvalue weighted by Gasteiger charge is -2.43. The van der Waals surface area contributed by atoms with Gasteiger partial charge in [0.2, 0.25) is 0 Å². The van der Waals surface area contributed by atoms with Gasteiger partial charge in [-0.25, -0.2) is 8.51 Å². The van der Waals surface area contributed by atoms with Crippen molar-refractivity contribution in [1.29, 1.82) is 0 Å². The second kappa shape index (κ2) is 13.7. The standard InChI is InChI=1S/C31H40N6OS.C2H6/c1-5-9-24(23-12-14-26(33-6-2)30(36-32)22(23)4)25-13-11-21(3)28(35-25)19-37-20-31(15-8-16-31)18-27-29(39(37)38)10-7-17-34-27;1-2/h5,7,10-14,17,24,33,36H,1,6,8-9,15-16,18-20,32H2,2-4H3;1-2H3. The number of hydrazine groups is 1. The summed E-state index contributed by atoms with van der Waals surface area (Å²) in [5.41, 5.74) is 11.2. The molecule has 1 fully saturated rings. The summed E-state index contributed by atoms with van der Waals surface area (Å²) < 4.78 is 16.0. The van der Waals surface area contributed by atoms with Crippen LogP contribution >= 0.6 is 0 Å². The summed E-state index contributed by atoms with van der Waals surface area (Å²) in [6, 6.07) is 12.4. The summed E-state index contributed by atoms with van der Waals surface area (Å²) in [5, 5.41) is 3.38. The van der Waals surface area contributed by atoms with Crippen LogP contribution in [0.1, 0.15) is 86.1 Å². The van der Waals surface area contributed by atoms with Gasteiger partial charge in [0, 0.05) is 30.9 Å². The quantitative estimate of drug-likeness (QED) is 0.148. The molecule has 0 saturated heterocycles. The number of benzene rings is 1. The van der Waals surface area contributed by atoms with Gasteiger partial charge in [-0.1, -0.05) is 38.5 Å². The molecule has 2 atom stereocenters. The predicted octanol–water partition coefficient (Wildman–Crippen LogP) is 6.80. The average Bonchev–Trinajstić information content (AvgIpc) is 3.09. The number of nitrogens with one attached hydrogen (secondary N) is 2. The van der Waals surface area contributed by atoms with E-state index < -0.39 is 11.0 Å². The Labute approximate surface area is 248 Å². The fourth-order valence-corrected chi connectivity index (χ4v) is 7.57. The minimum Gasteiger partial charge on any atom is -0.384 e. The van der Waals surface area contributed by atoms with Gasteiger partial charge >= 0.3 is 0 Å². The molecule has 1 aliphatic carbocycles. The van der Waals surface area contributed by atoms with Gasteiger partial charge in [-0.15, -0.1) is 6.58 Å². The Kier molecular flexibility index (Phi) is 10.3. The van der Waals surface area contributed by atoms with Crippen LogP contribution < -0.4 is 16.6 Å². The Bertz CT molecular complexity index is 1390. The number of aromatic nitrogens is 2. The van der Waals surface area contributed by atoms with Crippen LogP contribution in [0.3, 0.4) is 0 Å². The van der Waals surface area contributed by atoms with Crippen molar-refractivity contribution in [2.45, 2.75) is 84.1 Å². The minimum absolute atomic E-state index is 0.0298. The molecular formula is C33H46N6OS. The fraction of sp³-hybridized carbons (Fsp3) is 0.455. The van der Waals surface area contributed by atoms with Crippen molar-refractivity contribution in [3.05, 3.63) is 89.0 Å². The third-order valence-corrected chi connectivity index (χ3v) is 9.92. The Morgan fingerprint density at radius 1 is 1.20 bits per heavy atom. The topological polar surface area (TPSA) is 96.2 Å². The number of pyridine rings is 2. The Morgan fingerprint density at radius 2 is 1.98 bits per heavy atom. The monoisotopic (exact) mass is 574 g/mol. The molecule has 1 saturated carbocycles. The highest BCUT2D eigenvalue weighted by molar-refractivity contribution is 7.82. The number of rotatable bonds is 9. The molecule has 3 aromatic rings. The normalized spacial score (nSPS) is 18.2. The van der Waals surface area contributed by atoms with Crippen molar-refractivity contribution in [2.75, 3.05) is 23.8 Å². The zero-order valence-corrected chi connectivity index (χ0v) is 26.1. The zero-order chi connectivity index (χ0) is 29.6. The van der Waals surface area contributed by atoms with Gasteiger partial charge in [0.15, 0.2) is 0 Å². The van der Waals surface area contributed by atoms with Crippen LogP contribution in [0.15, 0.2) is 60.1 Å². The fourth-order valence-electron chi connectivity index (χ4n) is 6.14. The zero-order valence-electron chi connectivity index (χ0n) is 25.3. The first-order valence-electron chi connectivity index (χ1n) is 14.9. The van der Waals surface area contributed by atoms with Crippen LogP contribution in [-0.4, -0.2) is 31.6 Å². The van der Waals surface area contributed by atoms with Gasteiger partial charge in [0.1, 0.15) is 11.0 Å². The van der Waals surface area contributed by atoms with E-state index in [4.69, 9.17) is 10.8 Å². The maximum Gasteiger partial charge on any atom is 0.129 e. The lowest BCUT2D eigenvalue weighted by atomic mass is 9.66. The molecule has 0 bridgehead atoms. The average molecular weight is 575 g/mol. The predicted molar refractivity (Wildman–Crippen MR) is 171 cm³/mol. The summed E-state index contributed by atoms with van der Waals surface area (Å²) in [6.45, 7) is 16.5. The van der Waals surface area contributed by atoms with Gasteiger partial charge in [0.05, 0.1) is 34.2 Å². The molecule has 0 radical (unpaired) electrons. The molecular weight excluding hydrogens is 528 g/mol. The molecule has 41 heavy (non-hydrogen) atoms. The third kappa shape index (κ3) is 6.40. The van der Waals surface area contributed by atoms with E-state index in [0.29, 0.717) is 6.54 Å². The second-order valence-electron chi connectivity index (χ2n) is 11.0. The molecule has 4 N–H and O–H groups in total. The summed E-state index contributed by atoms with van der Waals surface area (Å²) >= 11 is 0. The van der Waals surface area contributed by atoms with E-state index in [1.54, 1.807) is 0 Å². The second-order valence-corrected chi connectivity index (χ2v) is 12.4. The number of allylic oxidation sites excluding steroid dienone is 1. The van der Waals surface area contributed by atoms with Crippen LogP contribution in [-0.2, 0) is 24.0 Å². The van der Waals surface area contributed by atoms with Crippen molar-refractivity contribution in [2.24, 2.45) is 11.3 Å². The molecule has 7 nitrogen and oxygen atoms in total. The summed E-state index contributed by atoms with van der Waals surface area (Å²) in [6.07, 6.45) is 8.97. The van der Waals surface area contributed by atoms with E-state index in [9.17, 15) is 4.21 Å². The third-order valence-electron chi connectivity index (χ3n) is 8.44. The highest BCUT2D eigenvalue weighted by Gasteiger charge is 2.43. The first-order chi connectivity index (χ1) is 19.9. The highest BCUT2D eigenvalue weighted by atomic mass is 32.2. The number of nitrogen functional groups attached to an aromatic ring is 1. The van der Waals surface area contributed by atoms with E-state index in [1.807, 2.05) is 38.3 Å². The Balaban J connectivity index is 0.00000189. The lowest BCUT2D eigenvalue weighted by Crippen LogP contribution is -2.42. The van der Waals surface area contributed by atoms with Gasteiger partial charge in [-0.2, -0.15) is 0 Å². The van der Waals surface area contributed by atoms with E-state index in [2.05, 4.69) is 71.6 Å². The van der Waals surface area contributed by atoms with Gasteiger partial charge in [-0.05, 0) is 92.8 Å². The molecule has 0 amide bonds. The van der Waals surface area contributed by atoms with E-state index >= 15 is 0 Å². The number of fused-ring (bicyclic) bond motifs is 1. The van der Waals surface area contributed by atoms with E-state index in [0.717, 1.165) is 83.3 Å². The molecule has 2 unspecified atom stereocenters. The van der Waals surface area contributed by atoms with Crippen molar-refractivity contribution in [1.82, 2.24) is 14.3 Å². The molecule has 1 aromatic carbocycles. The Hall–Kier alpha value is -3.07. The summed E-state index contributed by atoms with van der Waals surface area (Å²) in [4.78, 5) is 10.7. The van der Waals surface area contributed by atoms with Crippen LogP contribution in [0.4, 0.5) is 11.4 Å². The van der Waals surface area contributed by atoms with Crippen molar-refractivity contribution >= 4 is 22.4 Å². The first kappa shape index (κ1) is 30.9. The molecule has 220 valence electrons. The lowest BCUT2D eigenvalue weighted by molar-refractivity contribution is 0.101. The van der Waals surface area contributed by atoms with Crippen molar-refractivity contribution in [3.63, 3.8) is 0 Å². The minimum atomic E-state index is -1.28. The number of nitrogens with zero attached hydrogens (tertiary/aromatic N) is 3. The van der Waals surface area contributed by atoms with Crippen LogP contribution in [0, 0.1) is 19.3 Å². The molecule has 3 heterocycles. The van der Waals surface area contributed by atoms with Crippen molar-refractivity contribution < 1.29 is 4.21 Å². The van der Waals surface area contributed by atoms with E-state index in [-0.39, 0.29) is 11.3 Å². The SMILES string of the molecule is C=CCC(c1ccc(C)c(CN2CC3(CCC3)Cc3ncccc3S2=O)n1)c1ccc(NCC)c(NN)c1C.CC. The molecule has 2 aromatic heterocycles. The highest BCUT2D eigenvalue weighted by Crippen LogP contribution is 2.47. The molecule has 1 aliphatic heterocycles. The number of nitrogens with two attached hydrogens (primary N) is 1. The largest absolute Gasteiger partial charge is 0.384 e. The van der Waals surface area contributed by atoms with Crippen LogP contribution in [0.5, 0.6) is 0 Å². The van der Waals surface area contributed by atoms with Gasteiger partial charge in [0.25, 0.3) is 0 Å². The smallest absolute Gasteiger partial charge is 0.129 e. The van der Waals surface area contributed by atoms with E-state index in [1.165, 1.54) is 12.0 Å². The number of aryl methyl sites for hydroxylation is 1. The first-order valence-corrected chi connectivity index (χ1v) is 16.0. The van der Waals surface area contributed by atoms with Gasteiger partial charge in [-0.3, -0.25) is 15.8 Å². The van der Waals surface area contributed by atoms with Gasteiger partial charge < -0.3 is 10.7 Å². The molecule has 8 heteroatoms.